The highest BCUT2D eigenvalue weighted by Crippen LogP contribution is 2.52. The second-order valence-electron chi connectivity index (χ2n) is 8.94. The summed E-state index contributed by atoms with van der Waals surface area (Å²) in [5.41, 5.74) is 0.161. The van der Waals surface area contributed by atoms with Crippen molar-refractivity contribution in [1.82, 2.24) is 0 Å². The molecule has 0 saturated heterocycles. The zero-order chi connectivity index (χ0) is 23.0. The van der Waals surface area contributed by atoms with Gasteiger partial charge in [0, 0.05) is 10.9 Å². The summed E-state index contributed by atoms with van der Waals surface area (Å²) >= 11 is 0. The van der Waals surface area contributed by atoms with Gasteiger partial charge in [0.15, 0.2) is 5.41 Å². The van der Waals surface area contributed by atoms with Crippen LogP contribution in [-0.4, -0.2) is 52.3 Å². The molecule has 0 radical (unpaired) electrons. The van der Waals surface area contributed by atoms with Crippen LogP contribution in [0.25, 0.3) is 0 Å². The molecule has 168 valence electrons. The first kappa shape index (κ1) is 23.1. The summed E-state index contributed by atoms with van der Waals surface area (Å²) in [5.74, 6) is -0.502. The van der Waals surface area contributed by atoms with E-state index < -0.39 is 25.4 Å². The maximum Gasteiger partial charge on any atom is 0.323 e. The molecular formula is C23H31NO6Si. The van der Waals surface area contributed by atoms with E-state index in [9.17, 15) is 14.4 Å². The number of hydrogen-bond acceptors (Lipinski definition) is 6. The Labute approximate surface area is 184 Å². The second-order valence-corrected chi connectivity index (χ2v) is 13.9. The topological polar surface area (TPSA) is 82.1 Å². The lowest BCUT2D eigenvalue weighted by Gasteiger charge is -2.29. The monoisotopic (exact) mass is 445 g/mol. The summed E-state index contributed by atoms with van der Waals surface area (Å²) in [5, 5.41) is 0.781. The fourth-order valence-corrected chi connectivity index (χ4v) is 6.63. The number of carbonyl (C=O) groups excluding carboxylic acids is 3. The molecule has 31 heavy (non-hydrogen) atoms. The van der Waals surface area contributed by atoms with Gasteiger partial charge in [-0.15, -0.1) is 0 Å². The predicted octanol–water partition coefficient (Wildman–Crippen LogP) is 3.49. The molecule has 0 spiro atoms. The van der Waals surface area contributed by atoms with Crippen molar-refractivity contribution in [3.63, 3.8) is 0 Å². The van der Waals surface area contributed by atoms with E-state index in [4.69, 9.17) is 14.2 Å². The number of benzene rings is 1. The minimum absolute atomic E-state index is 0.0364. The maximum absolute atomic E-state index is 13.6. The highest BCUT2D eigenvalue weighted by Gasteiger charge is 2.61. The van der Waals surface area contributed by atoms with Gasteiger partial charge in [0.2, 0.25) is 0 Å². The number of carbonyl (C=O) groups is 3. The Kier molecular flexibility index (Phi) is 6.32. The second kappa shape index (κ2) is 8.49. The van der Waals surface area contributed by atoms with E-state index in [0.29, 0.717) is 11.4 Å². The lowest BCUT2D eigenvalue weighted by molar-refractivity contribution is -0.171. The average Bonchev–Trinajstić information content (AvgIpc) is 3.21. The maximum atomic E-state index is 13.6. The summed E-state index contributed by atoms with van der Waals surface area (Å²) in [4.78, 5) is 41.3. The largest absolute Gasteiger partial charge is 0.497 e. The van der Waals surface area contributed by atoms with Gasteiger partial charge >= 0.3 is 11.9 Å². The zero-order valence-electron chi connectivity index (χ0n) is 19.1. The number of esters is 2. The predicted molar refractivity (Wildman–Crippen MR) is 120 cm³/mol. The number of hydrogen-bond donors (Lipinski definition) is 0. The Balaban J connectivity index is 2.12. The van der Waals surface area contributed by atoms with Crippen molar-refractivity contribution in [3.8, 4) is 5.75 Å². The Bertz CT molecular complexity index is 897. The van der Waals surface area contributed by atoms with Crippen LogP contribution in [0.1, 0.15) is 26.7 Å². The summed E-state index contributed by atoms with van der Waals surface area (Å²) in [6.45, 7) is 10.1. The van der Waals surface area contributed by atoms with Gasteiger partial charge in [-0.3, -0.25) is 14.4 Å². The molecule has 1 amide bonds. The minimum Gasteiger partial charge on any atom is -0.497 e. The average molecular weight is 446 g/mol. The Hall–Kier alpha value is -2.61. The Morgan fingerprint density at radius 3 is 2.06 bits per heavy atom. The van der Waals surface area contributed by atoms with Crippen LogP contribution in [0.5, 0.6) is 5.75 Å². The first-order valence-electron chi connectivity index (χ1n) is 10.7. The molecule has 1 unspecified atom stereocenters. The smallest absolute Gasteiger partial charge is 0.323 e. The Morgan fingerprint density at radius 1 is 1.06 bits per heavy atom. The number of rotatable bonds is 7. The molecule has 0 aromatic heterocycles. The van der Waals surface area contributed by atoms with Crippen LogP contribution in [0, 0.1) is 5.41 Å². The molecular weight excluding hydrogens is 414 g/mol. The quantitative estimate of drug-likeness (QED) is 0.363. The van der Waals surface area contributed by atoms with Crippen molar-refractivity contribution in [2.24, 2.45) is 5.41 Å². The third-order valence-corrected chi connectivity index (χ3v) is 7.97. The third-order valence-electron chi connectivity index (χ3n) is 5.93. The van der Waals surface area contributed by atoms with Crippen molar-refractivity contribution in [1.29, 1.82) is 0 Å². The molecule has 1 aromatic carbocycles. The van der Waals surface area contributed by atoms with E-state index in [1.165, 1.54) is 0 Å². The zero-order valence-corrected chi connectivity index (χ0v) is 20.1. The lowest BCUT2D eigenvalue weighted by atomic mass is 9.85. The Morgan fingerprint density at radius 2 is 1.61 bits per heavy atom. The molecule has 1 heterocycles. The van der Waals surface area contributed by atoms with E-state index in [-0.39, 0.29) is 38.0 Å². The number of ether oxygens (including phenoxy) is 3. The van der Waals surface area contributed by atoms with Gasteiger partial charge in [-0.1, -0.05) is 19.6 Å². The van der Waals surface area contributed by atoms with Crippen molar-refractivity contribution in [2.75, 3.05) is 25.2 Å². The van der Waals surface area contributed by atoms with Crippen LogP contribution in [0.4, 0.5) is 5.69 Å². The number of fused-ring (bicyclic) bond motifs is 1. The van der Waals surface area contributed by atoms with Crippen LogP contribution in [0.3, 0.4) is 0 Å². The molecule has 1 aliphatic heterocycles. The molecule has 8 heteroatoms. The van der Waals surface area contributed by atoms with Gasteiger partial charge in [-0.05, 0) is 56.5 Å². The van der Waals surface area contributed by atoms with Gasteiger partial charge < -0.3 is 19.1 Å². The molecule has 0 N–H and O–H groups in total. The minimum atomic E-state index is -2.08. The van der Waals surface area contributed by atoms with Gasteiger partial charge in [-0.2, -0.15) is 0 Å². The van der Waals surface area contributed by atoms with E-state index in [1.54, 1.807) is 38.0 Å². The lowest BCUT2D eigenvalue weighted by Crippen LogP contribution is -2.44. The first-order chi connectivity index (χ1) is 14.6. The van der Waals surface area contributed by atoms with Gasteiger partial charge in [0.25, 0.3) is 5.91 Å². The molecule has 3 rings (SSSR count). The van der Waals surface area contributed by atoms with Crippen LogP contribution in [-0.2, 0) is 23.9 Å². The molecule has 0 bridgehead atoms. The number of nitrogens with zero attached hydrogens (tertiary/aromatic N) is 1. The number of methoxy groups -OCH3 is 1. The molecule has 1 atom stereocenters. The standard InChI is InChI=1S/C23H31NO6Si/c1-7-29-21(26)23(22(27)30-8-2)13-17-18(14-23)24(20(25)19(17)31(4,5)6)15-9-11-16(28-3)12-10-15/h9-12,18H,7-8,13-14H2,1-6H3. The van der Waals surface area contributed by atoms with Crippen LogP contribution in [0.2, 0.25) is 19.6 Å². The molecule has 1 fully saturated rings. The third kappa shape index (κ3) is 3.89. The first-order valence-corrected chi connectivity index (χ1v) is 14.2. The van der Waals surface area contributed by atoms with Crippen LogP contribution < -0.4 is 9.64 Å². The van der Waals surface area contributed by atoms with Gasteiger partial charge in [0.1, 0.15) is 5.75 Å². The molecule has 2 aliphatic rings. The summed E-state index contributed by atoms with van der Waals surface area (Å²) in [6.07, 6.45) is 0.319. The normalized spacial score (nSPS) is 20.0. The van der Waals surface area contributed by atoms with Crippen molar-refractivity contribution >= 4 is 31.6 Å². The van der Waals surface area contributed by atoms with Crippen molar-refractivity contribution in [3.05, 3.63) is 35.0 Å². The molecule has 1 aromatic rings. The summed E-state index contributed by atoms with van der Waals surface area (Å²) in [6, 6.07) is 6.88. The summed E-state index contributed by atoms with van der Waals surface area (Å²) in [7, 11) is -0.489. The molecule has 1 aliphatic carbocycles. The molecule has 1 saturated carbocycles. The SMILES string of the molecule is CCOC(=O)C1(C(=O)OCC)CC2=C([Si](C)(C)C)C(=O)N(c3ccc(OC)cc3)C2C1. The van der Waals surface area contributed by atoms with Crippen molar-refractivity contribution < 1.29 is 28.6 Å². The summed E-state index contributed by atoms with van der Waals surface area (Å²) < 4.78 is 15.9. The van der Waals surface area contributed by atoms with E-state index in [0.717, 1.165) is 10.8 Å². The van der Waals surface area contributed by atoms with Gasteiger partial charge in [-0.25, -0.2) is 0 Å². The van der Waals surface area contributed by atoms with E-state index in [2.05, 4.69) is 19.6 Å². The number of amides is 1. The number of anilines is 1. The highest BCUT2D eigenvalue weighted by molar-refractivity contribution is 6.88. The fourth-order valence-electron chi connectivity index (χ4n) is 4.65. The van der Waals surface area contributed by atoms with Crippen LogP contribution >= 0.6 is 0 Å². The fraction of sp³-hybridized carbons (Fsp3) is 0.522. The molecule has 7 nitrogen and oxygen atoms in total. The van der Waals surface area contributed by atoms with Crippen molar-refractivity contribution in [2.45, 2.75) is 52.4 Å². The van der Waals surface area contributed by atoms with E-state index in [1.807, 2.05) is 12.1 Å². The van der Waals surface area contributed by atoms with E-state index >= 15 is 0 Å². The van der Waals surface area contributed by atoms with Crippen LogP contribution in [0.15, 0.2) is 35.0 Å². The van der Waals surface area contributed by atoms with Gasteiger partial charge in [0.05, 0.1) is 34.4 Å². The highest BCUT2D eigenvalue weighted by atomic mass is 28.3.